The third-order valence-electron chi connectivity index (χ3n) is 4.57. The Morgan fingerprint density at radius 3 is 2.81 bits per heavy atom. The molecular weight excluding hydrogens is 395 g/mol. The minimum atomic E-state index is -3.71. The van der Waals surface area contributed by atoms with Crippen LogP contribution in [0.25, 0.3) is 10.2 Å². The first-order chi connectivity index (χ1) is 12.4. The van der Waals surface area contributed by atoms with Gasteiger partial charge in [-0.1, -0.05) is 23.7 Å². The predicted octanol–water partition coefficient (Wildman–Crippen LogP) is 4.66. The first-order valence-electron chi connectivity index (χ1n) is 8.26. The smallest absolute Gasteiger partial charge is 0.241 e. The molecule has 0 bridgehead atoms. The van der Waals surface area contributed by atoms with E-state index in [1.807, 2.05) is 24.3 Å². The van der Waals surface area contributed by atoms with E-state index >= 15 is 0 Å². The molecule has 0 radical (unpaired) electrons. The number of sulfonamides is 1. The van der Waals surface area contributed by atoms with Gasteiger partial charge < -0.3 is 0 Å². The molecule has 0 saturated carbocycles. The van der Waals surface area contributed by atoms with Crippen LogP contribution in [0.5, 0.6) is 0 Å². The highest BCUT2D eigenvalue weighted by atomic mass is 35.5. The van der Waals surface area contributed by atoms with Crippen LogP contribution < -0.4 is 0 Å². The zero-order chi connectivity index (χ0) is 18.3. The summed E-state index contributed by atoms with van der Waals surface area (Å²) < 4.78 is 41.8. The van der Waals surface area contributed by atoms with Crippen LogP contribution in [0.3, 0.4) is 0 Å². The molecule has 1 aliphatic heterocycles. The van der Waals surface area contributed by atoms with E-state index in [1.165, 1.54) is 16.4 Å². The number of fused-ring (bicyclic) bond motifs is 1. The van der Waals surface area contributed by atoms with E-state index in [9.17, 15) is 12.8 Å². The number of nitrogens with zero attached hydrogens (tertiary/aromatic N) is 2. The van der Waals surface area contributed by atoms with Crippen LogP contribution in [-0.2, 0) is 10.0 Å². The molecule has 3 aromatic rings. The molecule has 2 heterocycles. The molecule has 26 heavy (non-hydrogen) atoms. The lowest BCUT2D eigenvalue weighted by Crippen LogP contribution is -2.39. The maximum absolute atomic E-state index is 13.4. The summed E-state index contributed by atoms with van der Waals surface area (Å²) in [5.41, 5.74) is 0.942. The van der Waals surface area contributed by atoms with Crippen molar-refractivity contribution in [2.45, 2.75) is 23.7 Å². The largest absolute Gasteiger partial charge is 0.243 e. The van der Waals surface area contributed by atoms with Crippen LogP contribution in [0, 0.1) is 5.82 Å². The van der Waals surface area contributed by atoms with Crippen LogP contribution in [0.1, 0.15) is 23.8 Å². The number of thiazole rings is 1. The van der Waals surface area contributed by atoms with Crippen molar-refractivity contribution < 1.29 is 12.8 Å². The number of hydrogen-bond acceptors (Lipinski definition) is 4. The number of halogens is 2. The van der Waals surface area contributed by atoms with E-state index in [2.05, 4.69) is 4.98 Å². The Morgan fingerprint density at radius 1 is 1.23 bits per heavy atom. The molecule has 1 fully saturated rings. The highest BCUT2D eigenvalue weighted by molar-refractivity contribution is 7.89. The van der Waals surface area contributed by atoms with Crippen molar-refractivity contribution in [1.82, 2.24) is 9.29 Å². The minimum absolute atomic E-state index is 0.0221. The van der Waals surface area contributed by atoms with Crippen molar-refractivity contribution in [3.63, 3.8) is 0 Å². The van der Waals surface area contributed by atoms with E-state index in [4.69, 9.17) is 11.6 Å². The van der Waals surface area contributed by atoms with Crippen LogP contribution in [0.4, 0.5) is 4.39 Å². The highest BCUT2D eigenvalue weighted by Gasteiger charge is 2.32. The summed E-state index contributed by atoms with van der Waals surface area (Å²) in [5.74, 6) is -0.566. The second-order valence-electron chi connectivity index (χ2n) is 6.30. The van der Waals surface area contributed by atoms with Gasteiger partial charge in [0.25, 0.3) is 0 Å². The van der Waals surface area contributed by atoms with Crippen molar-refractivity contribution in [2.24, 2.45) is 0 Å². The molecule has 0 aliphatic carbocycles. The van der Waals surface area contributed by atoms with E-state index in [0.29, 0.717) is 13.1 Å². The van der Waals surface area contributed by atoms with Crippen molar-refractivity contribution in [3.8, 4) is 0 Å². The third-order valence-corrected chi connectivity index (χ3v) is 7.92. The Bertz CT molecular complexity index is 1030. The molecule has 1 atom stereocenters. The fourth-order valence-electron chi connectivity index (χ4n) is 3.21. The van der Waals surface area contributed by atoms with Crippen LogP contribution >= 0.6 is 22.9 Å². The van der Waals surface area contributed by atoms with Crippen LogP contribution in [-0.4, -0.2) is 30.8 Å². The van der Waals surface area contributed by atoms with Crippen molar-refractivity contribution in [3.05, 3.63) is 58.3 Å². The number of para-hydroxylation sites is 1. The normalized spacial score (nSPS) is 19.1. The maximum atomic E-state index is 13.4. The lowest BCUT2D eigenvalue weighted by atomic mass is 10.0. The lowest BCUT2D eigenvalue weighted by molar-refractivity contribution is 0.315. The number of hydrogen-bond donors (Lipinski definition) is 0. The standard InChI is InChI=1S/C18H16ClFN2O2S2/c19-14-10-13(7-8-15(14)20)26(23,24)22-9-3-4-12(11-22)18-21-16-5-1-2-6-17(16)25-18/h1-2,5-8,10,12H,3-4,9,11H2/t12-/m1/s1. The topological polar surface area (TPSA) is 50.3 Å². The Kier molecular flexibility index (Phi) is 4.73. The van der Waals surface area contributed by atoms with Gasteiger partial charge >= 0.3 is 0 Å². The molecular formula is C18H16ClFN2O2S2. The first-order valence-corrected chi connectivity index (χ1v) is 10.9. The van der Waals surface area contributed by atoms with Gasteiger partial charge in [0.15, 0.2) is 0 Å². The Morgan fingerprint density at radius 2 is 2.04 bits per heavy atom. The summed E-state index contributed by atoms with van der Waals surface area (Å²) >= 11 is 7.38. The molecule has 0 amide bonds. The maximum Gasteiger partial charge on any atom is 0.243 e. The SMILES string of the molecule is O=S(=O)(c1ccc(F)c(Cl)c1)N1CCC[C@@H](c2nc3ccccc3s2)C1. The van der Waals surface area contributed by atoms with Crippen molar-refractivity contribution in [2.75, 3.05) is 13.1 Å². The Labute approximate surface area is 160 Å². The molecule has 4 rings (SSSR count). The fourth-order valence-corrected chi connectivity index (χ4v) is 6.10. The molecule has 0 unspecified atom stereocenters. The summed E-state index contributed by atoms with van der Waals surface area (Å²) in [5, 5.41) is 0.772. The summed E-state index contributed by atoms with van der Waals surface area (Å²) in [7, 11) is -3.71. The number of piperidine rings is 1. The number of aromatic nitrogens is 1. The predicted molar refractivity (Wildman–Crippen MR) is 102 cm³/mol. The molecule has 136 valence electrons. The van der Waals surface area contributed by atoms with Gasteiger partial charge in [0.05, 0.1) is 25.1 Å². The van der Waals surface area contributed by atoms with E-state index in [-0.39, 0.29) is 15.8 Å². The van der Waals surface area contributed by atoms with Gasteiger partial charge in [-0.15, -0.1) is 11.3 Å². The van der Waals surface area contributed by atoms with Gasteiger partial charge in [0, 0.05) is 19.0 Å². The van der Waals surface area contributed by atoms with Gasteiger partial charge in [-0.3, -0.25) is 0 Å². The minimum Gasteiger partial charge on any atom is -0.241 e. The lowest BCUT2D eigenvalue weighted by Gasteiger charge is -2.31. The fraction of sp³-hybridized carbons (Fsp3) is 0.278. The molecule has 4 nitrogen and oxygen atoms in total. The summed E-state index contributed by atoms with van der Waals surface area (Å²) in [6, 6.07) is 11.4. The van der Waals surface area contributed by atoms with Crippen LogP contribution in [0.2, 0.25) is 5.02 Å². The van der Waals surface area contributed by atoms with Gasteiger partial charge in [-0.05, 0) is 43.2 Å². The quantitative estimate of drug-likeness (QED) is 0.631. The monoisotopic (exact) mass is 410 g/mol. The van der Waals surface area contributed by atoms with Crippen molar-refractivity contribution >= 4 is 43.2 Å². The van der Waals surface area contributed by atoms with Gasteiger partial charge in [0.2, 0.25) is 10.0 Å². The van der Waals surface area contributed by atoms with Gasteiger partial charge in [0.1, 0.15) is 5.82 Å². The number of rotatable bonds is 3. The molecule has 1 aliphatic rings. The summed E-state index contributed by atoms with van der Waals surface area (Å²) in [4.78, 5) is 4.70. The molecule has 8 heteroatoms. The summed E-state index contributed by atoms with van der Waals surface area (Å²) in [6.07, 6.45) is 1.66. The first kappa shape index (κ1) is 17.9. The molecule has 0 spiro atoms. The third kappa shape index (κ3) is 3.24. The van der Waals surface area contributed by atoms with E-state index < -0.39 is 15.8 Å². The van der Waals surface area contributed by atoms with Gasteiger partial charge in [-0.25, -0.2) is 17.8 Å². The van der Waals surface area contributed by atoms with E-state index in [0.717, 1.165) is 34.1 Å². The second-order valence-corrected chi connectivity index (χ2v) is 9.71. The van der Waals surface area contributed by atoms with Gasteiger partial charge in [-0.2, -0.15) is 4.31 Å². The summed E-state index contributed by atoms with van der Waals surface area (Å²) in [6.45, 7) is 0.815. The number of benzene rings is 2. The average molecular weight is 411 g/mol. The second kappa shape index (κ2) is 6.88. The van der Waals surface area contributed by atoms with Crippen LogP contribution in [0.15, 0.2) is 47.4 Å². The molecule has 2 aromatic carbocycles. The molecule has 1 saturated heterocycles. The molecule has 1 aromatic heterocycles. The Balaban J connectivity index is 1.62. The van der Waals surface area contributed by atoms with E-state index in [1.54, 1.807) is 11.3 Å². The Hall–Kier alpha value is -1.54. The highest BCUT2D eigenvalue weighted by Crippen LogP contribution is 2.35. The average Bonchev–Trinajstić information content (AvgIpc) is 3.08. The molecule has 0 N–H and O–H groups in total. The zero-order valence-corrected chi connectivity index (χ0v) is 16.1. The van der Waals surface area contributed by atoms with Crippen molar-refractivity contribution in [1.29, 1.82) is 0 Å². The zero-order valence-electron chi connectivity index (χ0n) is 13.7.